The number of carbonyl (C=O) groups excluding carboxylic acids is 1. The largest absolute Gasteiger partial charge is 0.321 e. The molecule has 12 heteroatoms. The molecule has 0 atom stereocenters. The number of benzene rings is 2. The van der Waals surface area contributed by atoms with Crippen molar-refractivity contribution in [2.24, 2.45) is 10.2 Å². The molecule has 10 nitrogen and oxygen atoms in total. The molecule has 1 amide bonds. The van der Waals surface area contributed by atoms with Crippen LogP contribution in [0.1, 0.15) is 0 Å². The van der Waals surface area contributed by atoms with Gasteiger partial charge in [-0.1, -0.05) is 18.7 Å². The van der Waals surface area contributed by atoms with Crippen LogP contribution in [-0.4, -0.2) is 31.8 Å². The standard InChI is InChI=1S/C15H13N3O7S2/c1-2-15(19)16-11-8-7-10(9-14(11)27(23,24)25)17-18-12-5-3-4-6-13(12)26(20,21)22/h2-9H,1H2,(H,16,19)(H,20,21,22)(H,23,24,25). The highest BCUT2D eigenvalue weighted by molar-refractivity contribution is 7.86. The fourth-order valence-corrected chi connectivity index (χ4v) is 3.23. The number of carbonyl (C=O) groups is 1. The van der Waals surface area contributed by atoms with Gasteiger partial charge in [0, 0.05) is 0 Å². The van der Waals surface area contributed by atoms with Crippen molar-refractivity contribution in [3.8, 4) is 0 Å². The number of anilines is 1. The van der Waals surface area contributed by atoms with Gasteiger partial charge in [0.15, 0.2) is 0 Å². The second-order valence-corrected chi connectivity index (χ2v) is 7.77. The topological polar surface area (TPSA) is 163 Å². The van der Waals surface area contributed by atoms with E-state index >= 15 is 0 Å². The molecule has 0 aromatic heterocycles. The van der Waals surface area contributed by atoms with Gasteiger partial charge in [0.1, 0.15) is 15.5 Å². The number of amides is 1. The van der Waals surface area contributed by atoms with Crippen LogP contribution in [0.3, 0.4) is 0 Å². The Hall–Kier alpha value is -2.93. The second kappa shape index (κ2) is 7.75. The first-order valence-electron chi connectivity index (χ1n) is 7.05. The van der Waals surface area contributed by atoms with Gasteiger partial charge in [-0.3, -0.25) is 13.9 Å². The van der Waals surface area contributed by atoms with Crippen LogP contribution < -0.4 is 5.32 Å². The van der Waals surface area contributed by atoms with Gasteiger partial charge in [-0.25, -0.2) is 0 Å². The molecular formula is C15H13N3O7S2. The predicted octanol–water partition coefficient (Wildman–Crippen LogP) is 2.72. The zero-order valence-corrected chi connectivity index (χ0v) is 15.1. The van der Waals surface area contributed by atoms with Gasteiger partial charge >= 0.3 is 0 Å². The van der Waals surface area contributed by atoms with E-state index in [9.17, 15) is 30.7 Å². The Labute approximate surface area is 154 Å². The molecule has 3 N–H and O–H groups in total. The van der Waals surface area contributed by atoms with Gasteiger partial charge < -0.3 is 5.32 Å². The molecule has 0 fully saturated rings. The first-order chi connectivity index (χ1) is 12.5. The molecule has 142 valence electrons. The van der Waals surface area contributed by atoms with Crippen molar-refractivity contribution < 1.29 is 30.7 Å². The van der Waals surface area contributed by atoms with Crippen molar-refractivity contribution in [2.75, 3.05) is 5.32 Å². The quantitative estimate of drug-likeness (QED) is 0.374. The number of azo groups is 1. The zero-order valence-electron chi connectivity index (χ0n) is 13.5. The molecule has 0 spiro atoms. The lowest BCUT2D eigenvalue weighted by atomic mass is 10.3. The fraction of sp³-hybridized carbons (Fsp3) is 0. The van der Waals surface area contributed by atoms with Crippen LogP contribution in [0.15, 0.2) is 75.1 Å². The molecule has 0 aliphatic rings. The van der Waals surface area contributed by atoms with Crippen molar-refractivity contribution in [2.45, 2.75) is 9.79 Å². The number of nitrogens with one attached hydrogen (secondary N) is 1. The monoisotopic (exact) mass is 411 g/mol. The number of hydrogen-bond donors (Lipinski definition) is 3. The van der Waals surface area contributed by atoms with E-state index in [1.807, 2.05) is 0 Å². The molecule has 0 saturated heterocycles. The van der Waals surface area contributed by atoms with Crippen molar-refractivity contribution in [1.82, 2.24) is 0 Å². The lowest BCUT2D eigenvalue weighted by Gasteiger charge is -2.08. The minimum atomic E-state index is -4.71. The van der Waals surface area contributed by atoms with Gasteiger partial charge in [0.05, 0.1) is 11.4 Å². The zero-order chi connectivity index (χ0) is 20.2. The minimum Gasteiger partial charge on any atom is -0.321 e. The van der Waals surface area contributed by atoms with Crippen LogP contribution in [0.4, 0.5) is 17.1 Å². The van der Waals surface area contributed by atoms with Crippen LogP contribution in [0.5, 0.6) is 0 Å². The summed E-state index contributed by atoms with van der Waals surface area (Å²) in [5, 5.41) is 9.60. The summed E-state index contributed by atoms with van der Waals surface area (Å²) in [6.07, 6.45) is 0.910. The highest BCUT2D eigenvalue weighted by atomic mass is 32.2. The molecule has 2 rings (SSSR count). The number of hydrogen-bond acceptors (Lipinski definition) is 7. The maximum Gasteiger partial charge on any atom is 0.296 e. The molecule has 0 bridgehead atoms. The molecular weight excluding hydrogens is 398 g/mol. The van der Waals surface area contributed by atoms with Crippen LogP contribution in [0.2, 0.25) is 0 Å². The van der Waals surface area contributed by atoms with Crippen LogP contribution in [0.25, 0.3) is 0 Å². The Balaban J connectivity index is 2.49. The smallest absolute Gasteiger partial charge is 0.296 e. The molecule has 0 saturated carbocycles. The molecule has 0 radical (unpaired) electrons. The summed E-state index contributed by atoms with van der Waals surface area (Å²) in [4.78, 5) is 10.2. The third-order valence-electron chi connectivity index (χ3n) is 3.10. The maximum atomic E-state index is 11.5. The molecule has 0 heterocycles. The van der Waals surface area contributed by atoms with E-state index in [1.165, 1.54) is 24.3 Å². The summed E-state index contributed by atoms with van der Waals surface area (Å²) in [7, 11) is -9.25. The second-order valence-electron chi connectivity index (χ2n) is 4.99. The van der Waals surface area contributed by atoms with Crippen LogP contribution >= 0.6 is 0 Å². The Morgan fingerprint density at radius 1 is 0.963 bits per heavy atom. The Bertz CT molecular complexity index is 1140. The summed E-state index contributed by atoms with van der Waals surface area (Å²) in [5.41, 5.74) is -0.457. The number of nitrogens with zero attached hydrogens (tertiary/aromatic N) is 2. The maximum absolute atomic E-state index is 11.5. The predicted molar refractivity (Wildman–Crippen MR) is 95.5 cm³/mol. The lowest BCUT2D eigenvalue weighted by Crippen LogP contribution is -2.11. The van der Waals surface area contributed by atoms with Crippen LogP contribution in [0, 0.1) is 0 Å². The van der Waals surface area contributed by atoms with E-state index in [-0.39, 0.29) is 17.1 Å². The van der Waals surface area contributed by atoms with Crippen LogP contribution in [-0.2, 0) is 25.0 Å². The van der Waals surface area contributed by atoms with E-state index < -0.39 is 35.9 Å². The first-order valence-corrected chi connectivity index (χ1v) is 9.93. The number of rotatable bonds is 6. The van der Waals surface area contributed by atoms with Crippen molar-refractivity contribution in [3.63, 3.8) is 0 Å². The molecule has 0 unspecified atom stereocenters. The SMILES string of the molecule is C=CC(=O)Nc1ccc(N=Nc2ccccc2S(=O)(=O)O)cc1S(=O)(=O)O. The summed E-state index contributed by atoms with van der Waals surface area (Å²) < 4.78 is 64.2. The minimum absolute atomic E-state index is 0.0654. The summed E-state index contributed by atoms with van der Waals surface area (Å²) in [6, 6.07) is 8.57. The average molecular weight is 411 g/mol. The third-order valence-corrected chi connectivity index (χ3v) is 4.90. The summed E-state index contributed by atoms with van der Waals surface area (Å²) in [5.74, 6) is -0.698. The molecule has 2 aromatic carbocycles. The third kappa shape index (κ3) is 5.27. The van der Waals surface area contributed by atoms with E-state index in [4.69, 9.17) is 0 Å². The van der Waals surface area contributed by atoms with Gasteiger partial charge in [-0.15, -0.1) is 5.11 Å². The fourth-order valence-electron chi connectivity index (χ4n) is 1.94. The van der Waals surface area contributed by atoms with Gasteiger partial charge in [0.25, 0.3) is 20.2 Å². The van der Waals surface area contributed by atoms with E-state index in [1.54, 1.807) is 0 Å². The average Bonchev–Trinajstić information content (AvgIpc) is 2.59. The highest BCUT2D eigenvalue weighted by Gasteiger charge is 2.18. The van der Waals surface area contributed by atoms with E-state index in [0.717, 1.165) is 24.3 Å². The lowest BCUT2D eigenvalue weighted by molar-refractivity contribution is -0.111. The van der Waals surface area contributed by atoms with Gasteiger partial charge in [-0.05, 0) is 36.4 Å². The van der Waals surface area contributed by atoms with Crippen molar-refractivity contribution >= 4 is 43.2 Å². The Kier molecular flexibility index (Phi) is 5.85. The Morgan fingerprint density at radius 2 is 1.59 bits per heavy atom. The summed E-state index contributed by atoms with van der Waals surface area (Å²) in [6.45, 7) is 3.23. The van der Waals surface area contributed by atoms with Gasteiger partial charge in [0.2, 0.25) is 5.91 Å². The summed E-state index contributed by atoms with van der Waals surface area (Å²) >= 11 is 0. The molecule has 0 aliphatic heterocycles. The van der Waals surface area contributed by atoms with E-state index in [0.29, 0.717) is 0 Å². The normalized spacial score (nSPS) is 12.1. The van der Waals surface area contributed by atoms with Crippen molar-refractivity contribution in [1.29, 1.82) is 0 Å². The first kappa shape index (κ1) is 20.4. The Morgan fingerprint density at radius 3 is 2.19 bits per heavy atom. The van der Waals surface area contributed by atoms with E-state index in [2.05, 4.69) is 22.1 Å². The molecule has 0 aliphatic carbocycles. The molecule has 27 heavy (non-hydrogen) atoms. The van der Waals surface area contributed by atoms with Gasteiger partial charge in [-0.2, -0.15) is 21.9 Å². The highest BCUT2D eigenvalue weighted by Crippen LogP contribution is 2.29. The molecule has 2 aromatic rings. The van der Waals surface area contributed by atoms with Crippen molar-refractivity contribution in [3.05, 3.63) is 55.1 Å².